The summed E-state index contributed by atoms with van der Waals surface area (Å²) in [5, 5.41) is 0.981. The van der Waals surface area contributed by atoms with Gasteiger partial charge in [-0.05, 0) is 29.5 Å². The van der Waals surface area contributed by atoms with Crippen LogP contribution >= 0.6 is 15.9 Å². The zero-order valence-electron chi connectivity index (χ0n) is 10.3. The minimum Gasteiger partial charge on any atom is -0.493 e. The monoisotopic (exact) mass is 286 g/mol. The van der Waals surface area contributed by atoms with Crippen LogP contribution in [0.5, 0.6) is 11.5 Å². The van der Waals surface area contributed by atoms with Crippen molar-refractivity contribution in [3.8, 4) is 11.5 Å². The number of benzene rings is 1. The molecule has 0 aliphatic carbocycles. The Kier molecular flexibility index (Phi) is 4.66. The molecule has 0 atom stereocenters. The maximum Gasteiger partial charge on any atom is 0.160 e. The van der Waals surface area contributed by atoms with Gasteiger partial charge in [-0.25, -0.2) is 0 Å². The third kappa shape index (κ3) is 3.41. The van der Waals surface area contributed by atoms with Gasteiger partial charge in [0.05, 0.1) is 14.2 Å². The molecular formula is C13H19BrO2. The Balaban J connectivity index is 2.91. The molecule has 16 heavy (non-hydrogen) atoms. The highest BCUT2D eigenvalue weighted by Gasteiger charge is 2.17. The Morgan fingerprint density at radius 2 is 1.75 bits per heavy atom. The highest BCUT2D eigenvalue weighted by Crippen LogP contribution is 2.31. The van der Waals surface area contributed by atoms with Crippen LogP contribution in [-0.2, 0) is 6.42 Å². The van der Waals surface area contributed by atoms with Gasteiger partial charge in [-0.3, -0.25) is 0 Å². The zero-order chi connectivity index (χ0) is 12.2. The van der Waals surface area contributed by atoms with Crippen LogP contribution in [0.4, 0.5) is 0 Å². The van der Waals surface area contributed by atoms with E-state index in [9.17, 15) is 0 Å². The fourth-order valence-electron chi connectivity index (χ4n) is 1.59. The normalized spacial score (nSPS) is 11.3. The van der Waals surface area contributed by atoms with E-state index in [0.29, 0.717) is 0 Å². The van der Waals surface area contributed by atoms with Crippen LogP contribution < -0.4 is 9.47 Å². The number of hydrogen-bond donors (Lipinski definition) is 0. The molecule has 0 saturated carbocycles. The van der Waals surface area contributed by atoms with Crippen molar-refractivity contribution in [2.45, 2.75) is 20.3 Å². The number of halogens is 1. The van der Waals surface area contributed by atoms with Crippen molar-refractivity contribution in [1.82, 2.24) is 0 Å². The highest BCUT2D eigenvalue weighted by molar-refractivity contribution is 9.09. The molecule has 0 saturated heterocycles. The second-order valence-corrected chi connectivity index (χ2v) is 5.22. The van der Waals surface area contributed by atoms with Crippen molar-refractivity contribution < 1.29 is 9.47 Å². The molecule has 0 aliphatic rings. The Labute approximate surface area is 106 Å². The lowest BCUT2D eigenvalue weighted by Gasteiger charge is -2.22. The molecule has 0 radical (unpaired) electrons. The zero-order valence-corrected chi connectivity index (χ0v) is 11.9. The third-order valence-corrected chi connectivity index (χ3v) is 4.01. The fourth-order valence-corrected chi connectivity index (χ4v) is 1.79. The average molecular weight is 287 g/mol. The summed E-state index contributed by atoms with van der Waals surface area (Å²) < 4.78 is 10.5. The van der Waals surface area contributed by atoms with E-state index in [-0.39, 0.29) is 5.41 Å². The van der Waals surface area contributed by atoms with Crippen LogP contribution in [0.25, 0.3) is 0 Å². The summed E-state index contributed by atoms with van der Waals surface area (Å²) >= 11 is 3.54. The summed E-state index contributed by atoms with van der Waals surface area (Å²) in [5.41, 5.74) is 1.52. The molecule has 0 fully saturated rings. The summed E-state index contributed by atoms with van der Waals surface area (Å²) in [6.45, 7) is 4.47. The molecule has 3 heteroatoms. The first-order valence-electron chi connectivity index (χ1n) is 5.29. The maximum absolute atomic E-state index is 5.29. The largest absolute Gasteiger partial charge is 0.493 e. The predicted octanol–water partition coefficient (Wildman–Crippen LogP) is 3.67. The second kappa shape index (κ2) is 5.58. The first-order valence-corrected chi connectivity index (χ1v) is 6.41. The van der Waals surface area contributed by atoms with Gasteiger partial charge in [-0.2, -0.15) is 0 Å². The van der Waals surface area contributed by atoms with Crippen LogP contribution in [0, 0.1) is 5.41 Å². The third-order valence-electron chi connectivity index (χ3n) is 2.49. The van der Waals surface area contributed by atoms with E-state index >= 15 is 0 Å². The van der Waals surface area contributed by atoms with Gasteiger partial charge in [0.15, 0.2) is 11.5 Å². The van der Waals surface area contributed by atoms with Gasteiger partial charge in [-0.15, -0.1) is 0 Å². The van der Waals surface area contributed by atoms with E-state index in [1.807, 2.05) is 12.1 Å². The fraction of sp³-hybridized carbons (Fsp3) is 0.538. The minimum absolute atomic E-state index is 0.250. The molecule has 0 spiro atoms. The second-order valence-electron chi connectivity index (χ2n) is 4.66. The topological polar surface area (TPSA) is 18.5 Å². The first-order chi connectivity index (χ1) is 7.52. The van der Waals surface area contributed by atoms with Crippen molar-refractivity contribution in [3.05, 3.63) is 23.8 Å². The number of ether oxygens (including phenoxy) is 2. The van der Waals surface area contributed by atoms with Gasteiger partial charge in [0.1, 0.15) is 0 Å². The molecular weight excluding hydrogens is 268 g/mol. The summed E-state index contributed by atoms with van der Waals surface area (Å²) in [6, 6.07) is 6.09. The number of alkyl halides is 1. The first kappa shape index (κ1) is 13.4. The summed E-state index contributed by atoms with van der Waals surface area (Å²) in [5.74, 6) is 1.58. The number of methoxy groups -OCH3 is 2. The molecule has 1 aromatic carbocycles. The maximum atomic E-state index is 5.29. The summed E-state index contributed by atoms with van der Waals surface area (Å²) in [4.78, 5) is 0. The van der Waals surface area contributed by atoms with E-state index in [0.717, 1.165) is 23.2 Å². The van der Waals surface area contributed by atoms with E-state index in [4.69, 9.17) is 9.47 Å². The quantitative estimate of drug-likeness (QED) is 0.769. The number of hydrogen-bond acceptors (Lipinski definition) is 2. The molecule has 0 N–H and O–H groups in total. The minimum atomic E-state index is 0.250. The summed E-state index contributed by atoms with van der Waals surface area (Å²) in [6.07, 6.45) is 1.01. The standard InChI is InChI=1S/C13H19BrO2/c1-13(2,9-14)8-10-5-6-11(15-3)12(7-10)16-4/h5-7H,8-9H2,1-4H3. The van der Waals surface area contributed by atoms with Gasteiger partial charge >= 0.3 is 0 Å². The van der Waals surface area contributed by atoms with E-state index in [1.54, 1.807) is 14.2 Å². The SMILES string of the molecule is COc1ccc(CC(C)(C)CBr)cc1OC. The molecule has 0 bridgehead atoms. The van der Waals surface area contributed by atoms with Crippen LogP contribution in [0.3, 0.4) is 0 Å². The molecule has 1 rings (SSSR count). The lowest BCUT2D eigenvalue weighted by Crippen LogP contribution is -2.16. The average Bonchev–Trinajstić information content (AvgIpc) is 2.28. The van der Waals surface area contributed by atoms with Crippen molar-refractivity contribution in [2.75, 3.05) is 19.5 Å². The van der Waals surface area contributed by atoms with E-state index in [2.05, 4.69) is 35.8 Å². The molecule has 0 amide bonds. The Bertz CT molecular complexity index is 348. The smallest absolute Gasteiger partial charge is 0.160 e. The molecule has 90 valence electrons. The Hall–Kier alpha value is -0.700. The highest BCUT2D eigenvalue weighted by atomic mass is 79.9. The Morgan fingerprint density at radius 1 is 1.12 bits per heavy atom. The van der Waals surface area contributed by atoms with Gasteiger partial charge in [0, 0.05) is 5.33 Å². The number of rotatable bonds is 5. The van der Waals surface area contributed by atoms with Crippen molar-refractivity contribution in [3.63, 3.8) is 0 Å². The van der Waals surface area contributed by atoms with E-state index < -0.39 is 0 Å². The molecule has 0 heterocycles. The molecule has 1 aromatic rings. The van der Waals surface area contributed by atoms with Gasteiger partial charge in [0.25, 0.3) is 0 Å². The molecule has 0 aliphatic heterocycles. The lowest BCUT2D eigenvalue weighted by molar-refractivity contribution is 0.353. The van der Waals surface area contributed by atoms with Crippen molar-refractivity contribution >= 4 is 15.9 Å². The molecule has 0 unspecified atom stereocenters. The van der Waals surface area contributed by atoms with Gasteiger partial charge < -0.3 is 9.47 Å². The van der Waals surface area contributed by atoms with Gasteiger partial charge in [0.2, 0.25) is 0 Å². The van der Waals surface area contributed by atoms with Crippen LogP contribution in [0.2, 0.25) is 0 Å². The van der Waals surface area contributed by atoms with E-state index in [1.165, 1.54) is 5.56 Å². The van der Waals surface area contributed by atoms with Crippen LogP contribution in [0.1, 0.15) is 19.4 Å². The lowest BCUT2D eigenvalue weighted by atomic mass is 9.88. The van der Waals surface area contributed by atoms with Crippen molar-refractivity contribution in [2.24, 2.45) is 5.41 Å². The van der Waals surface area contributed by atoms with Crippen LogP contribution in [0.15, 0.2) is 18.2 Å². The Morgan fingerprint density at radius 3 is 2.25 bits per heavy atom. The van der Waals surface area contributed by atoms with Crippen LogP contribution in [-0.4, -0.2) is 19.5 Å². The molecule has 2 nitrogen and oxygen atoms in total. The molecule has 0 aromatic heterocycles. The summed E-state index contributed by atoms with van der Waals surface area (Å²) in [7, 11) is 3.32. The van der Waals surface area contributed by atoms with Crippen molar-refractivity contribution in [1.29, 1.82) is 0 Å². The van der Waals surface area contributed by atoms with Gasteiger partial charge in [-0.1, -0.05) is 35.8 Å². The predicted molar refractivity (Wildman–Crippen MR) is 70.8 cm³/mol.